The number of para-hydroxylation sites is 1. The number of aromatic amines is 1. The highest BCUT2D eigenvalue weighted by Gasteiger charge is 2.13. The Bertz CT molecular complexity index is 1750. The summed E-state index contributed by atoms with van der Waals surface area (Å²) in [4.78, 5) is 3.77. The molecule has 0 atom stereocenters. The normalized spacial score (nSPS) is 12.0. The first-order valence-electron chi connectivity index (χ1n) is 10.2. The van der Waals surface area contributed by atoms with E-state index in [4.69, 9.17) is 0 Å². The minimum Gasteiger partial charge on any atom is -0.353 e. The van der Waals surface area contributed by atoms with Crippen molar-refractivity contribution in [1.82, 2.24) is 4.98 Å². The monoisotopic (exact) mass is 399 g/mol. The number of fused-ring (bicyclic) bond motifs is 8. The van der Waals surface area contributed by atoms with Gasteiger partial charge in [-0.15, -0.1) is 11.3 Å². The van der Waals surface area contributed by atoms with Crippen molar-refractivity contribution in [3.63, 3.8) is 0 Å². The third-order valence-corrected chi connectivity index (χ3v) is 7.36. The molecule has 0 bridgehead atoms. The van der Waals surface area contributed by atoms with Gasteiger partial charge in [0.1, 0.15) is 0 Å². The molecule has 2 heterocycles. The first-order valence-corrected chi connectivity index (χ1v) is 11.0. The molecule has 0 saturated heterocycles. The van der Waals surface area contributed by atoms with Crippen LogP contribution in [0.15, 0.2) is 97.1 Å². The highest BCUT2D eigenvalue weighted by atomic mass is 32.1. The van der Waals surface area contributed by atoms with Gasteiger partial charge in [-0.25, -0.2) is 0 Å². The Morgan fingerprint density at radius 1 is 0.500 bits per heavy atom. The molecule has 140 valence electrons. The number of hydrogen-bond acceptors (Lipinski definition) is 1. The predicted molar refractivity (Wildman–Crippen MR) is 132 cm³/mol. The fourth-order valence-corrected chi connectivity index (χ4v) is 5.95. The molecule has 7 rings (SSSR count). The molecule has 0 spiro atoms. The van der Waals surface area contributed by atoms with Gasteiger partial charge in [-0.2, -0.15) is 0 Å². The van der Waals surface area contributed by atoms with Crippen molar-refractivity contribution in [1.29, 1.82) is 0 Å². The van der Waals surface area contributed by atoms with Gasteiger partial charge < -0.3 is 4.98 Å². The highest BCUT2D eigenvalue weighted by Crippen LogP contribution is 2.39. The van der Waals surface area contributed by atoms with Crippen LogP contribution in [0.5, 0.6) is 0 Å². The van der Waals surface area contributed by atoms with E-state index in [0.29, 0.717) is 0 Å². The molecule has 0 radical (unpaired) electrons. The fourth-order valence-electron chi connectivity index (χ4n) is 4.80. The van der Waals surface area contributed by atoms with Gasteiger partial charge in [0, 0.05) is 41.9 Å². The SMILES string of the molecule is c1ccc2c(c1)ccc1c3cccc(-c4ccc5c(c4)sc4ccccc45)c3[nH]c21. The number of aromatic nitrogens is 1. The van der Waals surface area contributed by atoms with Crippen LogP contribution in [0.4, 0.5) is 0 Å². The first-order chi connectivity index (χ1) is 14.9. The molecule has 1 nitrogen and oxygen atoms in total. The van der Waals surface area contributed by atoms with E-state index < -0.39 is 0 Å². The van der Waals surface area contributed by atoms with Crippen LogP contribution in [-0.2, 0) is 0 Å². The topological polar surface area (TPSA) is 15.8 Å². The minimum atomic E-state index is 1.21. The van der Waals surface area contributed by atoms with Crippen molar-refractivity contribution in [3.05, 3.63) is 97.1 Å². The van der Waals surface area contributed by atoms with Gasteiger partial charge in [0.15, 0.2) is 0 Å². The summed E-state index contributed by atoms with van der Waals surface area (Å²) in [5.41, 5.74) is 4.95. The Kier molecular flexibility index (Phi) is 3.21. The van der Waals surface area contributed by atoms with E-state index in [2.05, 4.69) is 102 Å². The number of benzene rings is 5. The van der Waals surface area contributed by atoms with Gasteiger partial charge in [-0.05, 0) is 23.1 Å². The van der Waals surface area contributed by atoms with Gasteiger partial charge >= 0.3 is 0 Å². The first kappa shape index (κ1) is 16.2. The second kappa shape index (κ2) is 5.94. The van der Waals surface area contributed by atoms with Gasteiger partial charge in [0.25, 0.3) is 0 Å². The maximum atomic E-state index is 3.77. The fraction of sp³-hybridized carbons (Fsp3) is 0. The Balaban J connectivity index is 1.54. The molecular formula is C28H17NS. The summed E-state index contributed by atoms with van der Waals surface area (Å²) >= 11 is 1.87. The van der Waals surface area contributed by atoms with Crippen LogP contribution in [0.3, 0.4) is 0 Å². The van der Waals surface area contributed by atoms with Crippen molar-refractivity contribution in [2.45, 2.75) is 0 Å². The predicted octanol–water partition coefficient (Wildman–Crippen LogP) is 8.51. The van der Waals surface area contributed by atoms with Crippen LogP contribution in [-0.4, -0.2) is 4.98 Å². The maximum absolute atomic E-state index is 3.77. The van der Waals surface area contributed by atoms with Crippen molar-refractivity contribution in [2.75, 3.05) is 0 Å². The highest BCUT2D eigenvalue weighted by molar-refractivity contribution is 7.25. The number of hydrogen-bond donors (Lipinski definition) is 1. The Hall–Kier alpha value is -3.62. The van der Waals surface area contributed by atoms with E-state index in [-0.39, 0.29) is 0 Å². The average molecular weight is 400 g/mol. The Morgan fingerprint density at radius 2 is 1.23 bits per heavy atom. The van der Waals surface area contributed by atoms with Gasteiger partial charge in [0.2, 0.25) is 0 Å². The third kappa shape index (κ3) is 2.17. The average Bonchev–Trinajstić information content (AvgIpc) is 3.37. The molecule has 0 fully saturated rings. The van der Waals surface area contributed by atoms with Crippen LogP contribution in [0.25, 0.3) is 63.9 Å². The molecule has 0 saturated carbocycles. The van der Waals surface area contributed by atoms with E-state index in [1.165, 1.54) is 63.9 Å². The molecule has 0 unspecified atom stereocenters. The van der Waals surface area contributed by atoms with Crippen LogP contribution in [0.1, 0.15) is 0 Å². The minimum absolute atomic E-state index is 1.21. The van der Waals surface area contributed by atoms with E-state index in [1.807, 2.05) is 11.3 Å². The van der Waals surface area contributed by atoms with E-state index in [0.717, 1.165) is 0 Å². The van der Waals surface area contributed by atoms with Crippen molar-refractivity contribution in [3.8, 4) is 11.1 Å². The van der Waals surface area contributed by atoms with Crippen molar-refractivity contribution >= 4 is 64.1 Å². The smallest absolute Gasteiger partial charge is 0.0544 e. The Morgan fingerprint density at radius 3 is 2.20 bits per heavy atom. The molecule has 0 aliphatic rings. The van der Waals surface area contributed by atoms with Crippen molar-refractivity contribution < 1.29 is 0 Å². The molecule has 5 aromatic carbocycles. The number of H-pyrrole nitrogens is 1. The second-order valence-electron chi connectivity index (χ2n) is 7.87. The molecular weight excluding hydrogens is 382 g/mol. The molecule has 1 N–H and O–H groups in total. The maximum Gasteiger partial charge on any atom is 0.0544 e. The van der Waals surface area contributed by atoms with Gasteiger partial charge in [-0.1, -0.05) is 84.9 Å². The van der Waals surface area contributed by atoms with Crippen LogP contribution in [0.2, 0.25) is 0 Å². The summed E-state index contributed by atoms with van der Waals surface area (Å²) < 4.78 is 2.69. The lowest BCUT2D eigenvalue weighted by atomic mass is 10.0. The van der Waals surface area contributed by atoms with Gasteiger partial charge in [0.05, 0.1) is 11.0 Å². The van der Waals surface area contributed by atoms with E-state index in [9.17, 15) is 0 Å². The zero-order chi connectivity index (χ0) is 19.7. The quantitative estimate of drug-likeness (QED) is 0.285. The molecule has 2 heteroatoms. The largest absolute Gasteiger partial charge is 0.353 e. The molecule has 7 aromatic rings. The molecule has 0 aliphatic heterocycles. The molecule has 0 aliphatic carbocycles. The molecule has 0 amide bonds. The number of nitrogens with one attached hydrogen (secondary N) is 1. The second-order valence-corrected chi connectivity index (χ2v) is 8.96. The zero-order valence-electron chi connectivity index (χ0n) is 16.1. The van der Waals surface area contributed by atoms with Crippen LogP contribution in [0, 0.1) is 0 Å². The molecule has 2 aromatic heterocycles. The molecule has 30 heavy (non-hydrogen) atoms. The number of thiophene rings is 1. The summed E-state index contributed by atoms with van der Waals surface area (Å²) in [5, 5.41) is 7.80. The van der Waals surface area contributed by atoms with E-state index >= 15 is 0 Å². The summed E-state index contributed by atoms with van der Waals surface area (Å²) in [6.45, 7) is 0. The van der Waals surface area contributed by atoms with Crippen molar-refractivity contribution in [2.24, 2.45) is 0 Å². The summed E-state index contributed by atoms with van der Waals surface area (Å²) in [6, 6.07) is 35.3. The van der Waals surface area contributed by atoms with Gasteiger partial charge in [-0.3, -0.25) is 0 Å². The lowest BCUT2D eigenvalue weighted by molar-refractivity contribution is 1.55. The van der Waals surface area contributed by atoms with E-state index in [1.54, 1.807) is 0 Å². The number of rotatable bonds is 1. The standard InChI is InChI=1S/C28H17NS/c1-2-7-19-17(6-1)12-15-24-23-10-5-9-20(28(23)29-27(19)24)18-13-14-22-21-8-3-4-11-25(21)30-26(22)16-18/h1-16,29H. The third-order valence-electron chi connectivity index (χ3n) is 6.22. The summed E-state index contributed by atoms with van der Waals surface area (Å²) in [6.07, 6.45) is 0. The summed E-state index contributed by atoms with van der Waals surface area (Å²) in [5.74, 6) is 0. The Labute approximate surface area is 177 Å². The lowest BCUT2D eigenvalue weighted by Gasteiger charge is -2.04. The lowest BCUT2D eigenvalue weighted by Crippen LogP contribution is -1.80. The summed E-state index contributed by atoms with van der Waals surface area (Å²) in [7, 11) is 0. The van der Waals surface area contributed by atoms with Crippen LogP contribution < -0.4 is 0 Å². The van der Waals surface area contributed by atoms with Crippen LogP contribution >= 0.6 is 11.3 Å². The zero-order valence-corrected chi connectivity index (χ0v) is 17.0.